The van der Waals surface area contributed by atoms with Gasteiger partial charge < -0.3 is 20.2 Å². The molecule has 0 radical (unpaired) electrons. The summed E-state index contributed by atoms with van der Waals surface area (Å²) >= 11 is 0. The van der Waals surface area contributed by atoms with Crippen molar-refractivity contribution in [2.45, 2.75) is 63.6 Å². The van der Waals surface area contributed by atoms with Gasteiger partial charge in [0, 0.05) is 73.9 Å². The number of likely N-dealkylation sites (tertiary alicyclic amines) is 1. The number of imidazole rings is 1. The Hall–Kier alpha value is -5.74. The first-order valence-electron chi connectivity index (χ1n) is 19.1. The van der Waals surface area contributed by atoms with E-state index in [1.54, 1.807) is 6.20 Å². The molecule has 3 aromatic heterocycles. The van der Waals surface area contributed by atoms with E-state index in [0.29, 0.717) is 23.0 Å². The highest BCUT2D eigenvalue weighted by molar-refractivity contribution is 5.94. The van der Waals surface area contributed by atoms with E-state index in [1.165, 1.54) is 12.0 Å². The normalized spacial score (nSPS) is 15.8. The number of piperidine rings is 1. The van der Waals surface area contributed by atoms with Crippen molar-refractivity contribution in [2.24, 2.45) is 0 Å². The van der Waals surface area contributed by atoms with Crippen LogP contribution in [-0.4, -0.2) is 63.0 Å². The minimum Gasteiger partial charge on any atom is -0.370 e. The lowest BCUT2D eigenvalue weighted by molar-refractivity contribution is -0.118. The molecule has 276 valence electrons. The third kappa shape index (κ3) is 7.39. The maximum absolute atomic E-state index is 13.3. The first-order valence-corrected chi connectivity index (χ1v) is 19.1. The van der Waals surface area contributed by atoms with Gasteiger partial charge >= 0.3 is 5.69 Å². The summed E-state index contributed by atoms with van der Waals surface area (Å²) in [6, 6.07) is 28.7. The molecule has 1 saturated carbocycles. The van der Waals surface area contributed by atoms with E-state index in [-0.39, 0.29) is 29.2 Å². The minimum atomic E-state index is -0.150. The van der Waals surface area contributed by atoms with Crippen molar-refractivity contribution in [3.63, 3.8) is 0 Å². The number of nitrogens with zero attached hydrogens (tertiary/aromatic N) is 4. The van der Waals surface area contributed by atoms with E-state index >= 15 is 0 Å². The Bertz CT molecular complexity index is 2420. The van der Waals surface area contributed by atoms with E-state index in [9.17, 15) is 14.4 Å². The number of carbonyl (C=O) groups is 1. The van der Waals surface area contributed by atoms with Crippen LogP contribution in [0.15, 0.2) is 113 Å². The number of aromatic nitrogens is 4. The summed E-state index contributed by atoms with van der Waals surface area (Å²) in [5, 5.41) is 3.74. The zero-order chi connectivity index (χ0) is 37.2. The number of H-pyrrole nitrogens is 2. The second-order valence-electron chi connectivity index (χ2n) is 15.0. The number of carbonyl (C=O) groups excluding carboxylic acids is 1. The molecule has 3 aromatic carbocycles. The van der Waals surface area contributed by atoms with Gasteiger partial charge in [-0.25, -0.2) is 9.78 Å². The second kappa shape index (κ2) is 15.3. The van der Waals surface area contributed by atoms with Crippen LogP contribution in [0.3, 0.4) is 0 Å². The molecule has 0 spiro atoms. The zero-order valence-electron chi connectivity index (χ0n) is 30.8. The topological polar surface area (TPSA) is 119 Å². The summed E-state index contributed by atoms with van der Waals surface area (Å²) in [5.41, 5.74) is 8.58. The molecule has 1 saturated heterocycles. The van der Waals surface area contributed by atoms with Gasteiger partial charge in [-0.3, -0.25) is 19.1 Å². The summed E-state index contributed by atoms with van der Waals surface area (Å²) in [6.07, 6.45) is 9.01. The van der Waals surface area contributed by atoms with Gasteiger partial charge in [0.25, 0.3) is 5.56 Å². The fraction of sp³-hybridized carbons (Fsp3) is 0.318. The van der Waals surface area contributed by atoms with Gasteiger partial charge in [-0.05, 0) is 67.1 Å². The Morgan fingerprint density at radius 2 is 1.67 bits per heavy atom. The predicted octanol–water partition coefficient (Wildman–Crippen LogP) is 7.18. The van der Waals surface area contributed by atoms with E-state index in [0.717, 1.165) is 97.3 Å². The number of amides is 1. The predicted molar refractivity (Wildman–Crippen MR) is 217 cm³/mol. The third-order valence-electron chi connectivity index (χ3n) is 11.2. The maximum atomic E-state index is 13.3. The van der Waals surface area contributed by atoms with E-state index in [1.807, 2.05) is 71.1 Å². The molecule has 10 heteroatoms. The van der Waals surface area contributed by atoms with Crippen molar-refractivity contribution in [1.29, 1.82) is 0 Å². The minimum absolute atomic E-state index is 0.0750. The van der Waals surface area contributed by atoms with E-state index in [4.69, 9.17) is 4.98 Å². The van der Waals surface area contributed by atoms with Crippen molar-refractivity contribution in [3.05, 3.63) is 130 Å². The van der Waals surface area contributed by atoms with Gasteiger partial charge in [0.15, 0.2) is 0 Å². The van der Waals surface area contributed by atoms with Crippen molar-refractivity contribution in [3.8, 4) is 22.4 Å². The van der Waals surface area contributed by atoms with Crippen LogP contribution in [0.5, 0.6) is 0 Å². The number of rotatable bonds is 10. The highest BCUT2D eigenvalue weighted by Gasteiger charge is 2.25. The van der Waals surface area contributed by atoms with Crippen LogP contribution in [0.1, 0.15) is 56.6 Å². The Morgan fingerprint density at radius 1 is 0.907 bits per heavy atom. The number of likely N-dealkylation sites (N-methyl/N-ethyl adjacent to an activating group) is 1. The van der Waals surface area contributed by atoms with Gasteiger partial charge in [0.05, 0.1) is 27.6 Å². The molecule has 2 fully saturated rings. The first-order chi connectivity index (χ1) is 26.3. The number of aromatic amines is 2. The molecule has 0 atom stereocenters. The Morgan fingerprint density at radius 3 is 2.43 bits per heavy atom. The molecule has 1 amide bonds. The van der Waals surface area contributed by atoms with Crippen LogP contribution in [0.2, 0.25) is 0 Å². The molecular formula is C44H47N7O3. The summed E-state index contributed by atoms with van der Waals surface area (Å²) < 4.78 is 1.93. The fourth-order valence-corrected chi connectivity index (χ4v) is 8.22. The third-order valence-corrected chi connectivity index (χ3v) is 11.2. The Balaban J connectivity index is 0.929. The lowest BCUT2D eigenvalue weighted by Gasteiger charge is -2.32. The lowest BCUT2D eigenvalue weighted by atomic mass is 9.95. The van der Waals surface area contributed by atoms with Crippen LogP contribution in [0.4, 0.5) is 5.69 Å². The fourth-order valence-electron chi connectivity index (χ4n) is 8.22. The van der Waals surface area contributed by atoms with Crippen LogP contribution in [0, 0.1) is 0 Å². The SMILES string of the molecule is C=C(CN(C)c1ccc2[nH]c(=O)n(C3CCN(Cc4ccc(-c5nc6cc[nH]c(=O)c6cc5-c5ccccc5)cc4)CC3)c2c1)C(=O)NC1CCCCC1. The number of hydrogen-bond donors (Lipinski definition) is 3. The number of nitrogens with one attached hydrogen (secondary N) is 3. The molecule has 0 unspecified atom stereocenters. The van der Waals surface area contributed by atoms with Crippen LogP contribution in [0.25, 0.3) is 44.3 Å². The maximum Gasteiger partial charge on any atom is 0.326 e. The highest BCUT2D eigenvalue weighted by atomic mass is 16.2. The average Bonchev–Trinajstić information content (AvgIpc) is 3.53. The summed E-state index contributed by atoms with van der Waals surface area (Å²) in [4.78, 5) is 54.0. The summed E-state index contributed by atoms with van der Waals surface area (Å²) in [6.45, 7) is 7.07. The number of pyridine rings is 2. The number of anilines is 1. The van der Waals surface area contributed by atoms with Crippen molar-refractivity contribution in [2.75, 3.05) is 31.6 Å². The quantitative estimate of drug-likeness (QED) is 0.129. The molecule has 0 bridgehead atoms. The Kier molecular flexibility index (Phi) is 10.0. The summed E-state index contributed by atoms with van der Waals surface area (Å²) in [7, 11) is 1.96. The van der Waals surface area contributed by atoms with Gasteiger partial charge in [-0.2, -0.15) is 0 Å². The molecule has 4 heterocycles. The first kappa shape index (κ1) is 35.3. The smallest absolute Gasteiger partial charge is 0.326 e. The van der Waals surface area contributed by atoms with Crippen LogP contribution < -0.4 is 21.5 Å². The number of fused-ring (bicyclic) bond motifs is 2. The number of benzene rings is 3. The standard InChI is InChI=1S/C44H47N7O3/c1-29(42(52)46-33-11-7-4-8-12-33)27-49(2)35-17-18-39-40(25-35)51(44(54)48-39)34-20-23-50(24-21-34)28-30-13-15-32(16-14-30)41-36(31-9-5-3-6-10-31)26-37-38(47-41)19-22-45-43(37)53/h3,5-6,9-10,13-19,22,25-26,33-34H,1,4,7-8,11-12,20-21,23-24,27-28H2,2H3,(H,45,53)(H,46,52)(H,48,54). The monoisotopic (exact) mass is 721 g/mol. The Labute approximate surface area is 314 Å². The van der Waals surface area contributed by atoms with Crippen molar-refractivity contribution in [1.82, 2.24) is 29.7 Å². The van der Waals surface area contributed by atoms with Gasteiger partial charge in [-0.1, -0.05) is 80.4 Å². The van der Waals surface area contributed by atoms with E-state index < -0.39 is 0 Å². The molecule has 1 aliphatic heterocycles. The zero-order valence-corrected chi connectivity index (χ0v) is 30.8. The molecule has 3 N–H and O–H groups in total. The van der Waals surface area contributed by atoms with Gasteiger partial charge in [-0.15, -0.1) is 0 Å². The van der Waals surface area contributed by atoms with Crippen LogP contribution in [-0.2, 0) is 11.3 Å². The molecule has 8 rings (SSSR count). The van der Waals surface area contributed by atoms with Gasteiger partial charge in [0.1, 0.15) is 0 Å². The lowest BCUT2D eigenvalue weighted by Crippen LogP contribution is -2.39. The molecular weight excluding hydrogens is 675 g/mol. The van der Waals surface area contributed by atoms with Crippen molar-refractivity contribution < 1.29 is 4.79 Å². The average molecular weight is 722 g/mol. The molecule has 10 nitrogen and oxygen atoms in total. The molecule has 1 aliphatic carbocycles. The largest absolute Gasteiger partial charge is 0.370 e. The molecule has 54 heavy (non-hydrogen) atoms. The van der Waals surface area contributed by atoms with Gasteiger partial charge in [0.2, 0.25) is 5.91 Å². The van der Waals surface area contributed by atoms with Crippen LogP contribution >= 0.6 is 0 Å². The van der Waals surface area contributed by atoms with Crippen molar-refractivity contribution >= 4 is 33.5 Å². The molecule has 2 aliphatic rings. The number of hydrogen-bond acceptors (Lipinski definition) is 6. The second-order valence-corrected chi connectivity index (χ2v) is 15.0. The highest BCUT2D eigenvalue weighted by Crippen LogP contribution is 2.33. The summed E-state index contributed by atoms with van der Waals surface area (Å²) in [5.74, 6) is -0.0750. The molecule has 6 aromatic rings. The van der Waals surface area contributed by atoms with E-state index in [2.05, 4.69) is 57.1 Å².